The summed E-state index contributed by atoms with van der Waals surface area (Å²) in [7, 11) is 0. The molecule has 19 heavy (non-hydrogen) atoms. The Balaban J connectivity index is 1.75. The summed E-state index contributed by atoms with van der Waals surface area (Å²) < 4.78 is 7.03. The number of aromatic nitrogens is 1. The number of nitrogens with one attached hydrogen (secondary N) is 1. The fourth-order valence-electron chi connectivity index (χ4n) is 1.82. The van der Waals surface area contributed by atoms with Crippen molar-refractivity contribution in [2.45, 2.75) is 0 Å². The summed E-state index contributed by atoms with van der Waals surface area (Å²) in [5.41, 5.74) is 1.78. The van der Waals surface area contributed by atoms with Crippen LogP contribution in [0, 0.1) is 0 Å². The lowest BCUT2D eigenvalue weighted by Gasteiger charge is -2.06. The fourth-order valence-corrected chi connectivity index (χ4v) is 1.82. The molecule has 2 heterocycles. The van der Waals surface area contributed by atoms with E-state index in [1.807, 2.05) is 53.4 Å². The lowest BCUT2D eigenvalue weighted by molar-refractivity contribution is 0.0996. The maximum Gasteiger partial charge on any atom is 0.291 e. The van der Waals surface area contributed by atoms with Gasteiger partial charge in [-0.25, -0.2) is 0 Å². The van der Waals surface area contributed by atoms with Crippen molar-refractivity contribution < 1.29 is 9.21 Å². The lowest BCUT2D eigenvalue weighted by atomic mass is 10.2. The Morgan fingerprint density at radius 3 is 2.37 bits per heavy atom. The Morgan fingerprint density at radius 1 is 1.00 bits per heavy atom. The summed E-state index contributed by atoms with van der Waals surface area (Å²) in [6.45, 7) is 0. The molecule has 0 saturated carbocycles. The smallest absolute Gasteiger partial charge is 0.291 e. The third-order valence-electron chi connectivity index (χ3n) is 2.77. The number of carbonyl (C=O) groups is 1. The van der Waals surface area contributed by atoms with Gasteiger partial charge in [0, 0.05) is 23.8 Å². The number of amides is 1. The zero-order valence-corrected chi connectivity index (χ0v) is 10.1. The highest BCUT2D eigenvalue weighted by Gasteiger charge is 2.08. The van der Waals surface area contributed by atoms with E-state index in [4.69, 9.17) is 4.42 Å². The van der Waals surface area contributed by atoms with Crippen molar-refractivity contribution in [3.8, 4) is 5.69 Å². The molecule has 0 fully saturated rings. The number of anilines is 1. The van der Waals surface area contributed by atoms with E-state index < -0.39 is 0 Å². The molecule has 1 aromatic carbocycles. The molecule has 0 atom stereocenters. The highest BCUT2D eigenvalue weighted by molar-refractivity contribution is 6.02. The Morgan fingerprint density at radius 2 is 1.74 bits per heavy atom. The molecule has 0 bridgehead atoms. The number of carbonyl (C=O) groups excluding carboxylic acids is 1. The molecular weight excluding hydrogens is 240 g/mol. The van der Waals surface area contributed by atoms with Crippen LogP contribution in [0.2, 0.25) is 0 Å². The summed E-state index contributed by atoms with van der Waals surface area (Å²) in [6.07, 6.45) is 5.41. The highest BCUT2D eigenvalue weighted by atomic mass is 16.3. The number of benzene rings is 1. The van der Waals surface area contributed by atoms with Gasteiger partial charge in [0.05, 0.1) is 6.26 Å². The molecule has 2 aromatic heterocycles. The largest absolute Gasteiger partial charge is 0.459 e. The molecule has 1 amide bonds. The average molecular weight is 252 g/mol. The molecule has 1 N–H and O–H groups in total. The average Bonchev–Trinajstić information content (AvgIpc) is 3.13. The van der Waals surface area contributed by atoms with E-state index in [0.29, 0.717) is 5.76 Å². The van der Waals surface area contributed by atoms with Crippen LogP contribution >= 0.6 is 0 Å². The second kappa shape index (κ2) is 4.86. The monoisotopic (exact) mass is 252 g/mol. The maximum atomic E-state index is 11.8. The van der Waals surface area contributed by atoms with Gasteiger partial charge in [0.15, 0.2) is 5.76 Å². The summed E-state index contributed by atoms with van der Waals surface area (Å²) in [6, 6.07) is 14.8. The lowest BCUT2D eigenvalue weighted by Crippen LogP contribution is -2.10. The number of furan rings is 1. The van der Waals surface area contributed by atoms with Crippen LogP contribution in [-0.4, -0.2) is 10.5 Å². The Hall–Kier alpha value is -2.75. The van der Waals surface area contributed by atoms with Gasteiger partial charge < -0.3 is 14.3 Å². The SMILES string of the molecule is O=C(Nc1ccc(-n2cccc2)cc1)c1ccco1. The highest BCUT2D eigenvalue weighted by Crippen LogP contribution is 2.14. The van der Waals surface area contributed by atoms with E-state index in [1.165, 1.54) is 6.26 Å². The molecule has 0 aliphatic carbocycles. The normalized spacial score (nSPS) is 10.3. The van der Waals surface area contributed by atoms with E-state index in [1.54, 1.807) is 12.1 Å². The summed E-state index contributed by atoms with van der Waals surface area (Å²) >= 11 is 0. The maximum absolute atomic E-state index is 11.8. The summed E-state index contributed by atoms with van der Waals surface area (Å²) in [4.78, 5) is 11.8. The van der Waals surface area contributed by atoms with Crippen molar-refractivity contribution in [3.63, 3.8) is 0 Å². The third kappa shape index (κ3) is 2.42. The molecule has 0 aliphatic heterocycles. The Bertz CT molecular complexity index is 653. The first kappa shape index (κ1) is 11.3. The molecule has 4 heteroatoms. The third-order valence-corrected chi connectivity index (χ3v) is 2.77. The standard InChI is InChI=1S/C15H12N2O2/c18-15(14-4-3-11-19-14)16-12-5-7-13(8-6-12)17-9-1-2-10-17/h1-11H,(H,16,18). The van der Waals surface area contributed by atoms with Crippen molar-refractivity contribution in [1.82, 2.24) is 4.57 Å². The van der Waals surface area contributed by atoms with Crippen LogP contribution in [0.3, 0.4) is 0 Å². The van der Waals surface area contributed by atoms with E-state index >= 15 is 0 Å². The molecule has 0 radical (unpaired) electrons. The molecule has 4 nitrogen and oxygen atoms in total. The molecule has 94 valence electrons. The molecule has 0 saturated heterocycles. The first-order chi connectivity index (χ1) is 9.33. The van der Waals surface area contributed by atoms with E-state index in [-0.39, 0.29) is 5.91 Å². The van der Waals surface area contributed by atoms with E-state index in [0.717, 1.165) is 11.4 Å². The summed E-state index contributed by atoms with van der Waals surface area (Å²) in [5, 5.41) is 2.77. The van der Waals surface area contributed by atoms with Crippen molar-refractivity contribution in [2.24, 2.45) is 0 Å². The first-order valence-corrected chi connectivity index (χ1v) is 5.91. The Labute approximate surface area is 110 Å². The van der Waals surface area contributed by atoms with Crippen molar-refractivity contribution in [2.75, 3.05) is 5.32 Å². The van der Waals surface area contributed by atoms with Gasteiger partial charge >= 0.3 is 0 Å². The van der Waals surface area contributed by atoms with Gasteiger partial charge in [-0.05, 0) is 48.5 Å². The second-order valence-corrected chi connectivity index (χ2v) is 4.07. The number of rotatable bonds is 3. The van der Waals surface area contributed by atoms with Gasteiger partial charge in [-0.3, -0.25) is 4.79 Å². The minimum Gasteiger partial charge on any atom is -0.459 e. The zero-order valence-electron chi connectivity index (χ0n) is 10.1. The second-order valence-electron chi connectivity index (χ2n) is 4.07. The zero-order chi connectivity index (χ0) is 13.1. The molecule has 0 aliphatic rings. The number of nitrogens with zero attached hydrogens (tertiary/aromatic N) is 1. The van der Waals surface area contributed by atoms with Gasteiger partial charge in [0.2, 0.25) is 0 Å². The van der Waals surface area contributed by atoms with E-state index in [9.17, 15) is 4.79 Å². The van der Waals surface area contributed by atoms with Gasteiger partial charge in [-0.2, -0.15) is 0 Å². The van der Waals surface area contributed by atoms with Gasteiger partial charge in [-0.1, -0.05) is 0 Å². The van der Waals surface area contributed by atoms with Crippen LogP contribution in [0.4, 0.5) is 5.69 Å². The van der Waals surface area contributed by atoms with E-state index in [2.05, 4.69) is 5.32 Å². The summed E-state index contributed by atoms with van der Waals surface area (Å²) in [5.74, 6) is 0.0493. The number of hydrogen-bond donors (Lipinski definition) is 1. The topological polar surface area (TPSA) is 47.2 Å². The van der Waals surface area contributed by atoms with Crippen molar-refractivity contribution in [3.05, 3.63) is 72.9 Å². The molecule has 3 aromatic rings. The van der Waals surface area contributed by atoms with Gasteiger partial charge in [0.25, 0.3) is 5.91 Å². The van der Waals surface area contributed by atoms with Crippen LogP contribution < -0.4 is 5.32 Å². The van der Waals surface area contributed by atoms with Crippen LogP contribution in [-0.2, 0) is 0 Å². The number of hydrogen-bond acceptors (Lipinski definition) is 2. The van der Waals surface area contributed by atoms with Crippen molar-refractivity contribution in [1.29, 1.82) is 0 Å². The molecule has 0 spiro atoms. The van der Waals surface area contributed by atoms with Crippen LogP contribution in [0.5, 0.6) is 0 Å². The Kier molecular flexibility index (Phi) is 2.90. The van der Waals surface area contributed by atoms with Crippen LogP contribution in [0.1, 0.15) is 10.6 Å². The molecular formula is C15H12N2O2. The predicted molar refractivity (Wildman–Crippen MR) is 72.4 cm³/mol. The van der Waals surface area contributed by atoms with Crippen LogP contribution in [0.25, 0.3) is 5.69 Å². The predicted octanol–water partition coefficient (Wildman–Crippen LogP) is 3.32. The quantitative estimate of drug-likeness (QED) is 0.777. The minimum atomic E-state index is -0.251. The minimum absolute atomic E-state index is 0.251. The van der Waals surface area contributed by atoms with Gasteiger partial charge in [0.1, 0.15) is 0 Å². The van der Waals surface area contributed by atoms with Crippen molar-refractivity contribution >= 4 is 11.6 Å². The molecule has 0 unspecified atom stereocenters. The van der Waals surface area contributed by atoms with Gasteiger partial charge in [-0.15, -0.1) is 0 Å². The fraction of sp³-hybridized carbons (Fsp3) is 0. The van der Waals surface area contributed by atoms with Crippen LogP contribution in [0.15, 0.2) is 71.6 Å². The molecule has 3 rings (SSSR count). The first-order valence-electron chi connectivity index (χ1n) is 5.91.